The number of rotatable bonds is 1. The minimum absolute atomic E-state index is 0.0150. The van der Waals surface area contributed by atoms with Crippen LogP contribution in [-0.4, -0.2) is 37.0 Å². The van der Waals surface area contributed by atoms with E-state index >= 15 is 0 Å². The Labute approximate surface area is 55.0 Å². The molecule has 1 unspecified atom stereocenters. The lowest BCUT2D eigenvalue weighted by atomic mass is 10.2. The summed E-state index contributed by atoms with van der Waals surface area (Å²) in [6.45, 7) is 3.68. The van der Waals surface area contributed by atoms with Crippen LogP contribution in [0.4, 0.5) is 0 Å². The fraction of sp³-hybridized carbons (Fsp3) is 1.00. The Hall–Kier alpha value is -0.120. The molecule has 1 aliphatic heterocycles. The van der Waals surface area contributed by atoms with Gasteiger partial charge < -0.3 is 15.2 Å². The van der Waals surface area contributed by atoms with Gasteiger partial charge in [-0.2, -0.15) is 0 Å². The monoisotopic (exact) mass is 131 g/mol. The molecule has 54 valence electrons. The first-order valence-corrected chi connectivity index (χ1v) is 3.28. The van der Waals surface area contributed by atoms with Crippen molar-refractivity contribution < 1.29 is 9.84 Å². The molecule has 0 bridgehead atoms. The molecular weight excluding hydrogens is 118 g/mol. The molecule has 0 aromatic rings. The predicted octanol–water partition coefficient (Wildman–Crippen LogP) is -0.644. The molecule has 2 atom stereocenters. The van der Waals surface area contributed by atoms with E-state index in [0.717, 1.165) is 6.54 Å². The Bertz CT molecular complexity index is 79.1. The molecule has 0 radical (unpaired) electrons. The molecule has 3 heteroatoms. The van der Waals surface area contributed by atoms with E-state index < -0.39 is 0 Å². The summed E-state index contributed by atoms with van der Waals surface area (Å²) in [7, 11) is 0. The minimum Gasteiger partial charge on any atom is -0.394 e. The fourth-order valence-corrected chi connectivity index (χ4v) is 0.848. The van der Waals surface area contributed by atoms with Crippen molar-refractivity contribution in [2.24, 2.45) is 0 Å². The third-order valence-corrected chi connectivity index (χ3v) is 1.48. The second-order valence-corrected chi connectivity index (χ2v) is 2.45. The zero-order valence-corrected chi connectivity index (χ0v) is 5.63. The minimum atomic E-state index is 0.0150. The van der Waals surface area contributed by atoms with Gasteiger partial charge in [-0.05, 0) is 6.92 Å². The Morgan fingerprint density at radius 2 is 2.56 bits per heavy atom. The van der Waals surface area contributed by atoms with Crippen LogP contribution in [0.25, 0.3) is 0 Å². The fourth-order valence-electron chi connectivity index (χ4n) is 0.848. The average molecular weight is 131 g/mol. The van der Waals surface area contributed by atoms with Gasteiger partial charge in [-0.15, -0.1) is 0 Å². The standard InChI is InChI=1S/C6H13NO2/c1-5-4-9-6(3-8)2-7-5/h5-8H,2-4H2,1H3/t5-,6?/m1/s1. The van der Waals surface area contributed by atoms with Gasteiger partial charge in [0.05, 0.1) is 19.3 Å². The Morgan fingerprint density at radius 3 is 3.00 bits per heavy atom. The SMILES string of the molecule is C[C@@H]1COC(CO)CN1. The van der Waals surface area contributed by atoms with Crippen molar-refractivity contribution in [1.29, 1.82) is 0 Å². The molecule has 0 aromatic carbocycles. The summed E-state index contributed by atoms with van der Waals surface area (Å²) in [6.07, 6.45) is 0.0150. The number of hydrogen-bond acceptors (Lipinski definition) is 3. The van der Waals surface area contributed by atoms with Gasteiger partial charge in [0, 0.05) is 12.6 Å². The molecule has 1 fully saturated rings. The van der Waals surface area contributed by atoms with E-state index in [0.29, 0.717) is 12.6 Å². The Balaban J connectivity index is 2.18. The predicted molar refractivity (Wildman–Crippen MR) is 34.3 cm³/mol. The van der Waals surface area contributed by atoms with Gasteiger partial charge in [-0.1, -0.05) is 0 Å². The van der Waals surface area contributed by atoms with Crippen LogP contribution in [0.5, 0.6) is 0 Å². The third-order valence-electron chi connectivity index (χ3n) is 1.48. The van der Waals surface area contributed by atoms with Crippen molar-refractivity contribution in [2.45, 2.75) is 19.1 Å². The zero-order valence-electron chi connectivity index (χ0n) is 5.63. The van der Waals surface area contributed by atoms with Crippen molar-refractivity contribution in [3.05, 3.63) is 0 Å². The van der Waals surface area contributed by atoms with Crippen LogP contribution in [0, 0.1) is 0 Å². The van der Waals surface area contributed by atoms with Gasteiger partial charge in [0.2, 0.25) is 0 Å². The van der Waals surface area contributed by atoms with Crippen LogP contribution < -0.4 is 5.32 Å². The van der Waals surface area contributed by atoms with Crippen LogP contribution in [0.2, 0.25) is 0 Å². The van der Waals surface area contributed by atoms with E-state index in [1.165, 1.54) is 0 Å². The van der Waals surface area contributed by atoms with E-state index in [9.17, 15) is 0 Å². The molecule has 0 spiro atoms. The second kappa shape index (κ2) is 3.15. The Kier molecular flexibility index (Phi) is 2.45. The number of hydrogen-bond donors (Lipinski definition) is 2. The molecule has 2 N–H and O–H groups in total. The molecule has 1 aliphatic rings. The van der Waals surface area contributed by atoms with Gasteiger partial charge in [0.15, 0.2) is 0 Å². The molecule has 1 saturated heterocycles. The molecule has 0 saturated carbocycles. The summed E-state index contributed by atoms with van der Waals surface area (Å²) in [5.74, 6) is 0. The molecular formula is C6H13NO2. The number of aliphatic hydroxyl groups is 1. The highest BCUT2D eigenvalue weighted by Crippen LogP contribution is 1.98. The van der Waals surface area contributed by atoms with Crippen LogP contribution >= 0.6 is 0 Å². The number of ether oxygens (including phenoxy) is 1. The van der Waals surface area contributed by atoms with Crippen LogP contribution in [0.15, 0.2) is 0 Å². The van der Waals surface area contributed by atoms with E-state index in [-0.39, 0.29) is 12.7 Å². The quantitative estimate of drug-likeness (QED) is 0.497. The molecule has 3 nitrogen and oxygen atoms in total. The smallest absolute Gasteiger partial charge is 0.0930 e. The van der Waals surface area contributed by atoms with Crippen LogP contribution in [0.3, 0.4) is 0 Å². The molecule has 0 aromatic heterocycles. The number of aliphatic hydroxyl groups excluding tert-OH is 1. The summed E-state index contributed by atoms with van der Waals surface area (Å²) in [5, 5.41) is 11.8. The third kappa shape index (κ3) is 1.93. The maximum absolute atomic E-state index is 8.61. The Morgan fingerprint density at radius 1 is 1.78 bits per heavy atom. The maximum atomic E-state index is 8.61. The van der Waals surface area contributed by atoms with Crippen LogP contribution in [0.1, 0.15) is 6.92 Å². The normalized spacial score (nSPS) is 36.7. The largest absolute Gasteiger partial charge is 0.394 e. The lowest BCUT2D eigenvalue weighted by Crippen LogP contribution is -2.46. The van der Waals surface area contributed by atoms with E-state index in [1.807, 2.05) is 0 Å². The van der Waals surface area contributed by atoms with Crippen molar-refractivity contribution in [1.82, 2.24) is 5.32 Å². The van der Waals surface area contributed by atoms with Crippen LogP contribution in [-0.2, 0) is 4.74 Å². The van der Waals surface area contributed by atoms with Crippen molar-refractivity contribution >= 4 is 0 Å². The van der Waals surface area contributed by atoms with Crippen molar-refractivity contribution in [3.8, 4) is 0 Å². The molecule has 1 heterocycles. The van der Waals surface area contributed by atoms with Gasteiger partial charge in [0.25, 0.3) is 0 Å². The van der Waals surface area contributed by atoms with Crippen molar-refractivity contribution in [3.63, 3.8) is 0 Å². The van der Waals surface area contributed by atoms with E-state index in [1.54, 1.807) is 0 Å². The summed E-state index contributed by atoms with van der Waals surface area (Å²) in [5.41, 5.74) is 0. The maximum Gasteiger partial charge on any atom is 0.0930 e. The van der Waals surface area contributed by atoms with Gasteiger partial charge in [0.1, 0.15) is 0 Å². The van der Waals surface area contributed by atoms with Gasteiger partial charge >= 0.3 is 0 Å². The topological polar surface area (TPSA) is 41.5 Å². The average Bonchev–Trinajstić information content (AvgIpc) is 1.90. The summed E-state index contributed by atoms with van der Waals surface area (Å²) in [4.78, 5) is 0. The van der Waals surface area contributed by atoms with E-state index in [2.05, 4.69) is 12.2 Å². The first kappa shape index (κ1) is 6.99. The summed E-state index contributed by atoms with van der Waals surface area (Å²) >= 11 is 0. The summed E-state index contributed by atoms with van der Waals surface area (Å²) < 4.78 is 5.23. The first-order chi connectivity index (χ1) is 4.33. The lowest BCUT2D eigenvalue weighted by molar-refractivity contribution is -0.0222. The highest BCUT2D eigenvalue weighted by atomic mass is 16.5. The second-order valence-electron chi connectivity index (χ2n) is 2.45. The lowest BCUT2D eigenvalue weighted by Gasteiger charge is -2.26. The van der Waals surface area contributed by atoms with E-state index in [4.69, 9.17) is 9.84 Å². The van der Waals surface area contributed by atoms with Crippen molar-refractivity contribution in [2.75, 3.05) is 19.8 Å². The highest BCUT2D eigenvalue weighted by Gasteiger charge is 2.15. The first-order valence-electron chi connectivity index (χ1n) is 3.28. The highest BCUT2D eigenvalue weighted by molar-refractivity contribution is 4.71. The summed E-state index contributed by atoms with van der Waals surface area (Å²) in [6, 6.07) is 0.438. The molecule has 0 amide bonds. The number of nitrogens with one attached hydrogen (secondary N) is 1. The molecule has 9 heavy (non-hydrogen) atoms. The molecule has 0 aliphatic carbocycles. The van der Waals surface area contributed by atoms with Gasteiger partial charge in [-0.3, -0.25) is 0 Å². The zero-order chi connectivity index (χ0) is 6.69. The molecule has 1 rings (SSSR count). The van der Waals surface area contributed by atoms with Gasteiger partial charge in [-0.25, -0.2) is 0 Å². The number of morpholine rings is 1.